The minimum Gasteiger partial charge on any atom is -0.354 e. The van der Waals surface area contributed by atoms with E-state index in [4.69, 9.17) is 0 Å². The minimum atomic E-state index is -0.602. The normalized spacial score (nSPS) is 11.7. The molecule has 1 atom stereocenters. The Morgan fingerprint density at radius 2 is 1.77 bits per heavy atom. The van der Waals surface area contributed by atoms with Crippen LogP contribution in [0.25, 0.3) is 0 Å². The van der Waals surface area contributed by atoms with E-state index in [-0.39, 0.29) is 53.3 Å². The number of pyridine rings is 2. The van der Waals surface area contributed by atoms with Gasteiger partial charge in [0.25, 0.3) is 5.91 Å². The van der Waals surface area contributed by atoms with Crippen LogP contribution in [0.15, 0.2) is 30.5 Å². The molecule has 0 fully saturated rings. The van der Waals surface area contributed by atoms with Crippen LogP contribution < -0.4 is 16.0 Å². The molecule has 2 rings (SSSR count). The topological polar surface area (TPSA) is 113 Å². The summed E-state index contributed by atoms with van der Waals surface area (Å²) in [5.41, 5.74) is 0.921. The fourth-order valence-electron chi connectivity index (χ4n) is 3.03. The molecule has 3 amide bonds. The Hall–Kier alpha value is -3.36. The van der Waals surface area contributed by atoms with Crippen molar-refractivity contribution in [2.75, 3.05) is 17.7 Å². The first-order valence-electron chi connectivity index (χ1n) is 10.1. The maximum Gasteiger partial charge on any atom is 0.269 e. The van der Waals surface area contributed by atoms with Crippen molar-refractivity contribution in [3.8, 4) is 0 Å². The number of rotatable bonds is 9. The maximum atomic E-state index is 13.7. The number of carbonyl (C=O) groups is 3. The van der Waals surface area contributed by atoms with E-state index in [1.165, 1.54) is 25.4 Å². The van der Waals surface area contributed by atoms with E-state index >= 15 is 0 Å². The predicted molar refractivity (Wildman–Crippen MR) is 116 cm³/mol. The molecule has 8 nitrogen and oxygen atoms in total. The van der Waals surface area contributed by atoms with Crippen LogP contribution in [0.4, 0.5) is 16.0 Å². The molecule has 2 aromatic rings. The van der Waals surface area contributed by atoms with Crippen molar-refractivity contribution < 1.29 is 18.8 Å². The third-order valence-electron chi connectivity index (χ3n) is 4.34. The van der Waals surface area contributed by atoms with Crippen molar-refractivity contribution in [1.82, 2.24) is 15.3 Å². The van der Waals surface area contributed by atoms with Gasteiger partial charge in [-0.05, 0) is 48.1 Å². The Kier molecular flexibility index (Phi) is 8.60. The Morgan fingerprint density at radius 3 is 2.42 bits per heavy atom. The molecule has 166 valence electrons. The highest BCUT2D eigenvalue weighted by molar-refractivity contribution is 5.94. The first-order chi connectivity index (χ1) is 14.7. The average Bonchev–Trinajstić information content (AvgIpc) is 2.68. The van der Waals surface area contributed by atoms with Gasteiger partial charge in [0.05, 0.1) is 0 Å². The van der Waals surface area contributed by atoms with Gasteiger partial charge in [-0.1, -0.05) is 20.8 Å². The first kappa shape index (κ1) is 23.9. The smallest absolute Gasteiger partial charge is 0.269 e. The Bertz CT molecular complexity index is 948. The third kappa shape index (κ3) is 7.76. The fraction of sp³-hybridized carbons (Fsp3) is 0.409. The van der Waals surface area contributed by atoms with E-state index in [1.54, 1.807) is 12.1 Å². The molecule has 0 saturated heterocycles. The monoisotopic (exact) mass is 429 g/mol. The van der Waals surface area contributed by atoms with Gasteiger partial charge in [0, 0.05) is 26.1 Å². The molecule has 0 unspecified atom stereocenters. The summed E-state index contributed by atoms with van der Waals surface area (Å²) in [7, 11) is 1.50. The maximum absolute atomic E-state index is 13.7. The second-order valence-electron chi connectivity index (χ2n) is 7.87. The van der Waals surface area contributed by atoms with Gasteiger partial charge in [-0.3, -0.25) is 14.4 Å². The summed E-state index contributed by atoms with van der Waals surface area (Å²) in [5.74, 6) is -1.29. The van der Waals surface area contributed by atoms with Gasteiger partial charge < -0.3 is 16.0 Å². The molecule has 2 aromatic heterocycles. The zero-order valence-corrected chi connectivity index (χ0v) is 18.2. The lowest BCUT2D eigenvalue weighted by atomic mass is 9.97. The predicted octanol–water partition coefficient (Wildman–Crippen LogP) is 3.17. The lowest BCUT2D eigenvalue weighted by Gasteiger charge is -2.14. The average molecular weight is 429 g/mol. The molecule has 31 heavy (non-hydrogen) atoms. The van der Waals surface area contributed by atoms with Crippen molar-refractivity contribution >= 4 is 29.4 Å². The second-order valence-corrected chi connectivity index (χ2v) is 7.87. The van der Waals surface area contributed by atoms with E-state index in [0.29, 0.717) is 12.8 Å². The van der Waals surface area contributed by atoms with Crippen LogP contribution in [-0.2, 0) is 16.0 Å². The van der Waals surface area contributed by atoms with Crippen LogP contribution in [-0.4, -0.2) is 34.7 Å². The van der Waals surface area contributed by atoms with Crippen molar-refractivity contribution in [3.05, 3.63) is 47.5 Å². The largest absolute Gasteiger partial charge is 0.354 e. The number of hydrogen-bond donors (Lipinski definition) is 3. The first-order valence-corrected chi connectivity index (χ1v) is 10.1. The molecular formula is C22H28FN5O3. The van der Waals surface area contributed by atoms with Crippen molar-refractivity contribution in [1.29, 1.82) is 0 Å². The van der Waals surface area contributed by atoms with Crippen molar-refractivity contribution in [2.24, 2.45) is 11.8 Å². The Labute approximate surface area is 181 Å². The molecule has 0 aliphatic heterocycles. The summed E-state index contributed by atoms with van der Waals surface area (Å²) in [4.78, 5) is 44.5. The summed E-state index contributed by atoms with van der Waals surface area (Å²) in [6.45, 7) is 5.73. The van der Waals surface area contributed by atoms with Gasteiger partial charge in [0.15, 0.2) is 11.6 Å². The van der Waals surface area contributed by atoms with Crippen LogP contribution >= 0.6 is 0 Å². The molecule has 0 radical (unpaired) electrons. The summed E-state index contributed by atoms with van der Waals surface area (Å²) >= 11 is 0. The standard InChI is InChI=1S/C22H28FN5O3/c1-13(2)8-19(29)27-18-12-15(11-17(26-18)22(31)24-4)9-14(3)10-20(30)28-21-16(23)6-5-7-25-21/h5-7,11-14H,8-10H2,1-4H3,(H,24,31)(H,25,28,30)(H,26,27,29)/t14-/m0/s1. The molecule has 0 aliphatic rings. The highest BCUT2D eigenvalue weighted by Crippen LogP contribution is 2.18. The van der Waals surface area contributed by atoms with Crippen molar-refractivity contribution in [3.63, 3.8) is 0 Å². The third-order valence-corrected chi connectivity index (χ3v) is 4.34. The highest BCUT2D eigenvalue weighted by Gasteiger charge is 2.16. The molecule has 9 heteroatoms. The highest BCUT2D eigenvalue weighted by atomic mass is 19.1. The lowest BCUT2D eigenvalue weighted by molar-refractivity contribution is -0.117. The number of amides is 3. The summed E-state index contributed by atoms with van der Waals surface area (Å²) in [6, 6.07) is 5.98. The Morgan fingerprint density at radius 1 is 1.06 bits per heavy atom. The molecule has 0 aliphatic carbocycles. The van der Waals surface area contributed by atoms with E-state index < -0.39 is 5.82 Å². The number of carbonyl (C=O) groups excluding carboxylic acids is 3. The van der Waals surface area contributed by atoms with E-state index in [1.807, 2.05) is 20.8 Å². The molecular weight excluding hydrogens is 401 g/mol. The van der Waals surface area contributed by atoms with Crippen LogP contribution in [0.2, 0.25) is 0 Å². The molecule has 0 spiro atoms. The van der Waals surface area contributed by atoms with Crippen LogP contribution in [0.5, 0.6) is 0 Å². The van der Waals surface area contributed by atoms with Gasteiger partial charge in [-0.2, -0.15) is 0 Å². The van der Waals surface area contributed by atoms with Gasteiger partial charge in [-0.25, -0.2) is 14.4 Å². The van der Waals surface area contributed by atoms with Crippen molar-refractivity contribution in [2.45, 2.75) is 40.0 Å². The number of halogens is 1. The van der Waals surface area contributed by atoms with E-state index in [2.05, 4.69) is 25.9 Å². The fourth-order valence-corrected chi connectivity index (χ4v) is 3.03. The van der Waals surface area contributed by atoms with Gasteiger partial charge in [0.1, 0.15) is 11.5 Å². The van der Waals surface area contributed by atoms with Crippen LogP contribution in [0.1, 0.15) is 49.7 Å². The molecule has 2 heterocycles. The number of hydrogen-bond acceptors (Lipinski definition) is 5. The molecule has 0 bridgehead atoms. The number of nitrogens with one attached hydrogen (secondary N) is 3. The molecule has 3 N–H and O–H groups in total. The van der Waals surface area contributed by atoms with Crippen LogP contribution in [0.3, 0.4) is 0 Å². The summed E-state index contributed by atoms with van der Waals surface area (Å²) in [5, 5.41) is 7.71. The lowest BCUT2D eigenvalue weighted by Crippen LogP contribution is -2.22. The number of anilines is 2. The number of aromatic nitrogens is 2. The minimum absolute atomic E-state index is 0.110. The van der Waals surface area contributed by atoms with Gasteiger partial charge in [0.2, 0.25) is 11.8 Å². The van der Waals surface area contributed by atoms with E-state index in [9.17, 15) is 18.8 Å². The zero-order chi connectivity index (χ0) is 23.0. The van der Waals surface area contributed by atoms with E-state index in [0.717, 1.165) is 5.56 Å². The Balaban J connectivity index is 2.09. The van der Waals surface area contributed by atoms with Gasteiger partial charge >= 0.3 is 0 Å². The quantitative estimate of drug-likeness (QED) is 0.567. The second kappa shape index (κ2) is 11.1. The van der Waals surface area contributed by atoms with Crippen LogP contribution in [0, 0.1) is 17.7 Å². The summed E-state index contributed by atoms with van der Waals surface area (Å²) in [6.07, 6.45) is 2.32. The SMILES string of the molecule is CNC(=O)c1cc(C[C@H](C)CC(=O)Nc2ncccc2F)cc(NC(=O)CC(C)C)n1. The number of nitrogens with zero attached hydrogens (tertiary/aromatic N) is 2. The zero-order valence-electron chi connectivity index (χ0n) is 18.2. The molecule has 0 saturated carbocycles. The molecule has 0 aromatic carbocycles. The van der Waals surface area contributed by atoms with Gasteiger partial charge in [-0.15, -0.1) is 0 Å². The summed E-state index contributed by atoms with van der Waals surface area (Å²) < 4.78 is 13.7.